The number of aromatic nitrogens is 3. The molecule has 0 aliphatic rings. The number of nitrogens with zero attached hydrogens (tertiary/aromatic N) is 3. The molecule has 0 atom stereocenters. The van der Waals surface area contributed by atoms with Crippen molar-refractivity contribution < 1.29 is 13.6 Å². The third-order valence-corrected chi connectivity index (χ3v) is 5.96. The molecular formula is C24H16F2N4OS. The van der Waals surface area contributed by atoms with Gasteiger partial charge in [0.15, 0.2) is 0 Å². The van der Waals surface area contributed by atoms with Gasteiger partial charge in [-0.25, -0.2) is 18.3 Å². The Bertz CT molecular complexity index is 1460. The van der Waals surface area contributed by atoms with E-state index in [-0.39, 0.29) is 11.4 Å². The van der Waals surface area contributed by atoms with E-state index >= 15 is 0 Å². The average Bonchev–Trinajstić information content (AvgIpc) is 3.24. The number of halogens is 2. The minimum Gasteiger partial charge on any atom is -0.323 e. The van der Waals surface area contributed by atoms with Gasteiger partial charge in [-0.1, -0.05) is 54.2 Å². The van der Waals surface area contributed by atoms with Crippen LogP contribution in [-0.4, -0.2) is 26.3 Å². The van der Waals surface area contributed by atoms with E-state index in [1.165, 1.54) is 11.8 Å². The van der Waals surface area contributed by atoms with Crippen LogP contribution in [0, 0.1) is 11.6 Å². The molecule has 0 saturated carbocycles. The molecule has 2 heterocycles. The van der Waals surface area contributed by atoms with Crippen molar-refractivity contribution in [1.29, 1.82) is 0 Å². The summed E-state index contributed by atoms with van der Waals surface area (Å²) < 4.78 is 28.8. The third kappa shape index (κ3) is 3.92. The first kappa shape index (κ1) is 20.1. The van der Waals surface area contributed by atoms with Crippen LogP contribution in [0.2, 0.25) is 0 Å². The Labute approximate surface area is 186 Å². The van der Waals surface area contributed by atoms with Gasteiger partial charge in [-0.2, -0.15) is 5.10 Å². The number of fused-ring (bicyclic) bond motifs is 2. The Balaban J connectivity index is 1.40. The number of rotatable bonds is 5. The SMILES string of the molecule is O=C(CSc1nccn2nc(-c3cccc4ccccc34)cc12)Nc1cc(F)ccc1F. The zero-order chi connectivity index (χ0) is 22.1. The molecule has 32 heavy (non-hydrogen) atoms. The highest BCUT2D eigenvalue weighted by molar-refractivity contribution is 8.00. The van der Waals surface area contributed by atoms with E-state index in [0.29, 0.717) is 5.03 Å². The molecule has 158 valence electrons. The van der Waals surface area contributed by atoms with Crippen molar-refractivity contribution >= 4 is 39.6 Å². The van der Waals surface area contributed by atoms with Crippen LogP contribution in [-0.2, 0) is 4.79 Å². The molecular weight excluding hydrogens is 430 g/mol. The second-order valence-electron chi connectivity index (χ2n) is 7.08. The fourth-order valence-corrected chi connectivity index (χ4v) is 4.28. The number of hydrogen-bond acceptors (Lipinski definition) is 4. The lowest BCUT2D eigenvalue weighted by Gasteiger charge is -2.06. The zero-order valence-electron chi connectivity index (χ0n) is 16.6. The van der Waals surface area contributed by atoms with E-state index in [0.717, 1.165) is 45.7 Å². The van der Waals surface area contributed by atoms with Crippen LogP contribution in [0.5, 0.6) is 0 Å². The number of carbonyl (C=O) groups excluding carboxylic acids is 1. The summed E-state index contributed by atoms with van der Waals surface area (Å²) in [4.78, 5) is 16.7. The van der Waals surface area contributed by atoms with Crippen molar-refractivity contribution in [2.45, 2.75) is 5.03 Å². The number of thioether (sulfide) groups is 1. The lowest BCUT2D eigenvalue weighted by Crippen LogP contribution is -2.15. The molecule has 1 amide bonds. The first-order chi connectivity index (χ1) is 15.6. The van der Waals surface area contributed by atoms with E-state index in [4.69, 9.17) is 0 Å². The maximum absolute atomic E-state index is 13.8. The number of benzene rings is 3. The fraction of sp³-hybridized carbons (Fsp3) is 0.0417. The summed E-state index contributed by atoms with van der Waals surface area (Å²) in [6, 6.07) is 19.0. The highest BCUT2D eigenvalue weighted by Crippen LogP contribution is 2.30. The van der Waals surface area contributed by atoms with Crippen LogP contribution >= 0.6 is 11.8 Å². The van der Waals surface area contributed by atoms with Crippen molar-refractivity contribution in [3.8, 4) is 11.3 Å². The van der Waals surface area contributed by atoms with E-state index in [2.05, 4.69) is 33.6 Å². The van der Waals surface area contributed by atoms with Crippen molar-refractivity contribution in [2.24, 2.45) is 0 Å². The molecule has 5 aromatic rings. The zero-order valence-corrected chi connectivity index (χ0v) is 17.4. The predicted octanol–water partition coefficient (Wildman–Crippen LogP) is 5.56. The highest BCUT2D eigenvalue weighted by Gasteiger charge is 2.14. The van der Waals surface area contributed by atoms with Gasteiger partial charge >= 0.3 is 0 Å². The van der Waals surface area contributed by atoms with Crippen LogP contribution in [0.3, 0.4) is 0 Å². The van der Waals surface area contributed by atoms with E-state index in [1.807, 2.05) is 30.3 Å². The van der Waals surface area contributed by atoms with Gasteiger partial charge in [0.25, 0.3) is 0 Å². The highest BCUT2D eigenvalue weighted by atomic mass is 32.2. The molecule has 0 bridgehead atoms. The van der Waals surface area contributed by atoms with E-state index in [9.17, 15) is 13.6 Å². The van der Waals surface area contributed by atoms with Gasteiger partial charge in [0.05, 0.1) is 22.7 Å². The van der Waals surface area contributed by atoms with E-state index < -0.39 is 17.5 Å². The monoisotopic (exact) mass is 446 g/mol. The Morgan fingerprint density at radius 3 is 2.78 bits per heavy atom. The number of carbonyl (C=O) groups is 1. The Morgan fingerprint density at radius 1 is 1.03 bits per heavy atom. The standard InChI is InChI=1S/C24H16F2N4OS/c25-16-8-9-19(26)21(12-16)28-23(31)14-32-24-22-13-20(29-30(22)11-10-27-24)18-7-3-5-15-4-1-2-6-17(15)18/h1-13H,14H2,(H,28,31). The molecule has 0 fully saturated rings. The minimum atomic E-state index is -0.694. The number of hydrogen-bond donors (Lipinski definition) is 1. The number of anilines is 1. The number of amides is 1. The van der Waals surface area contributed by atoms with Crippen LogP contribution in [0.1, 0.15) is 0 Å². The van der Waals surface area contributed by atoms with Crippen molar-refractivity contribution in [3.05, 3.63) is 90.8 Å². The summed E-state index contributed by atoms with van der Waals surface area (Å²) in [5, 5.41) is 9.91. The summed E-state index contributed by atoms with van der Waals surface area (Å²) in [5.41, 5.74) is 2.36. The molecule has 0 radical (unpaired) electrons. The minimum absolute atomic E-state index is 0.0165. The van der Waals surface area contributed by atoms with Gasteiger partial charge in [-0.15, -0.1) is 0 Å². The topological polar surface area (TPSA) is 59.3 Å². The largest absolute Gasteiger partial charge is 0.323 e. The normalized spacial score (nSPS) is 11.2. The molecule has 0 saturated heterocycles. The molecule has 0 aliphatic carbocycles. The summed E-state index contributed by atoms with van der Waals surface area (Å²) in [6.07, 6.45) is 3.36. The van der Waals surface area contributed by atoms with Crippen LogP contribution in [0.15, 0.2) is 84.1 Å². The molecule has 0 aliphatic heterocycles. The van der Waals surface area contributed by atoms with Gasteiger partial charge in [-0.05, 0) is 29.0 Å². The molecule has 0 spiro atoms. The first-order valence-corrected chi connectivity index (χ1v) is 10.8. The Morgan fingerprint density at radius 2 is 1.88 bits per heavy atom. The molecule has 8 heteroatoms. The van der Waals surface area contributed by atoms with E-state index in [1.54, 1.807) is 16.9 Å². The van der Waals surface area contributed by atoms with Gasteiger partial charge in [0.1, 0.15) is 16.7 Å². The summed E-state index contributed by atoms with van der Waals surface area (Å²) in [7, 11) is 0. The predicted molar refractivity (Wildman–Crippen MR) is 122 cm³/mol. The first-order valence-electron chi connectivity index (χ1n) is 9.79. The molecule has 0 unspecified atom stereocenters. The van der Waals surface area contributed by atoms with Crippen molar-refractivity contribution in [1.82, 2.24) is 14.6 Å². The summed E-state index contributed by atoms with van der Waals surface area (Å²) in [5.74, 6) is -1.80. The molecule has 2 aromatic heterocycles. The smallest absolute Gasteiger partial charge is 0.234 e. The van der Waals surface area contributed by atoms with Gasteiger partial charge < -0.3 is 5.32 Å². The van der Waals surface area contributed by atoms with Crippen LogP contribution in [0.4, 0.5) is 14.5 Å². The summed E-state index contributed by atoms with van der Waals surface area (Å²) in [6.45, 7) is 0. The maximum Gasteiger partial charge on any atom is 0.234 e. The summed E-state index contributed by atoms with van der Waals surface area (Å²) >= 11 is 1.20. The molecule has 5 rings (SSSR count). The second-order valence-corrected chi connectivity index (χ2v) is 8.04. The quantitative estimate of drug-likeness (QED) is 0.359. The second kappa shape index (κ2) is 8.39. The van der Waals surface area contributed by atoms with Gasteiger partial charge in [0.2, 0.25) is 5.91 Å². The van der Waals surface area contributed by atoms with Crippen molar-refractivity contribution in [2.75, 3.05) is 11.1 Å². The van der Waals surface area contributed by atoms with Crippen LogP contribution < -0.4 is 5.32 Å². The van der Waals surface area contributed by atoms with Crippen LogP contribution in [0.25, 0.3) is 27.5 Å². The molecule has 3 aromatic carbocycles. The Hall–Kier alpha value is -3.78. The lowest BCUT2D eigenvalue weighted by molar-refractivity contribution is -0.113. The molecule has 5 nitrogen and oxygen atoms in total. The lowest BCUT2D eigenvalue weighted by atomic mass is 10.0. The fourth-order valence-electron chi connectivity index (χ4n) is 3.50. The maximum atomic E-state index is 13.8. The van der Waals surface area contributed by atoms with Crippen molar-refractivity contribution in [3.63, 3.8) is 0 Å². The van der Waals surface area contributed by atoms with Gasteiger partial charge in [-0.3, -0.25) is 4.79 Å². The Kier molecular flexibility index (Phi) is 5.28. The molecule has 1 N–H and O–H groups in total. The van der Waals surface area contributed by atoms with Gasteiger partial charge in [0, 0.05) is 24.0 Å². The third-order valence-electron chi connectivity index (χ3n) is 4.96. The number of nitrogens with one attached hydrogen (secondary N) is 1. The average molecular weight is 446 g/mol.